The predicted octanol–water partition coefficient (Wildman–Crippen LogP) is 3.32. The summed E-state index contributed by atoms with van der Waals surface area (Å²) < 4.78 is 0. The van der Waals surface area contributed by atoms with E-state index in [1.807, 2.05) is 36.4 Å². The number of thiocarbonyl (C=S) groups is 1. The molecule has 0 spiro atoms. The zero-order valence-electron chi connectivity index (χ0n) is 15.7. The Kier molecular flexibility index (Phi) is 6.20. The first-order chi connectivity index (χ1) is 13.7. The van der Waals surface area contributed by atoms with Crippen LogP contribution in [0.3, 0.4) is 0 Å². The third-order valence-electron chi connectivity index (χ3n) is 5.22. The maximum absolute atomic E-state index is 6.12. The van der Waals surface area contributed by atoms with Crippen LogP contribution in [0, 0.1) is 5.92 Å². The van der Waals surface area contributed by atoms with Crippen molar-refractivity contribution in [3.8, 4) is 0 Å². The van der Waals surface area contributed by atoms with E-state index in [9.17, 15) is 0 Å². The van der Waals surface area contributed by atoms with E-state index in [2.05, 4.69) is 32.3 Å². The lowest BCUT2D eigenvalue weighted by molar-refractivity contribution is 0.256. The SMILES string of the molecule is S=C1N=C2C=CC=CC2C(=NCCCN2CCN(c3cccc(Cl)c3)CC2)N1. The number of nitrogens with zero attached hydrogens (tertiary/aromatic N) is 4. The first-order valence-electron chi connectivity index (χ1n) is 9.71. The standard InChI is InChI=1S/C21H24ClN5S/c22-16-5-3-6-17(15-16)27-13-11-26(12-14-27)10-4-9-23-20-18-7-1-2-8-19(18)24-21(28)25-20/h1-3,5-8,15,18H,4,9-14H2,(H,23,25,28). The molecule has 0 radical (unpaired) electrons. The summed E-state index contributed by atoms with van der Waals surface area (Å²) >= 11 is 11.3. The molecular weight excluding hydrogens is 390 g/mol. The Balaban J connectivity index is 1.24. The normalized spacial score (nSPS) is 23.5. The Labute approximate surface area is 176 Å². The van der Waals surface area contributed by atoms with Gasteiger partial charge in [0.15, 0.2) is 5.11 Å². The molecule has 1 fully saturated rings. The van der Waals surface area contributed by atoms with Crippen molar-refractivity contribution in [3.05, 3.63) is 53.6 Å². The van der Waals surface area contributed by atoms with Crippen LogP contribution in [-0.4, -0.2) is 60.8 Å². The summed E-state index contributed by atoms with van der Waals surface area (Å²) in [6, 6.07) is 8.11. The number of hydrogen-bond acceptors (Lipinski definition) is 4. The predicted molar refractivity (Wildman–Crippen MR) is 122 cm³/mol. The monoisotopic (exact) mass is 413 g/mol. The number of fused-ring (bicyclic) bond motifs is 1. The average Bonchev–Trinajstić information content (AvgIpc) is 2.71. The number of halogens is 1. The molecule has 2 aliphatic heterocycles. The van der Waals surface area contributed by atoms with Crippen molar-refractivity contribution in [2.45, 2.75) is 6.42 Å². The molecule has 1 aromatic rings. The highest BCUT2D eigenvalue weighted by Gasteiger charge is 2.25. The Morgan fingerprint density at radius 1 is 1.21 bits per heavy atom. The van der Waals surface area contributed by atoms with Gasteiger partial charge in [-0.05, 0) is 42.9 Å². The first-order valence-corrected chi connectivity index (χ1v) is 10.5. The molecule has 1 aliphatic carbocycles. The van der Waals surface area contributed by atoms with Crippen molar-refractivity contribution in [1.82, 2.24) is 10.2 Å². The Morgan fingerprint density at radius 2 is 2.07 bits per heavy atom. The van der Waals surface area contributed by atoms with Crippen molar-refractivity contribution in [3.63, 3.8) is 0 Å². The number of nitrogens with one attached hydrogen (secondary N) is 1. The maximum Gasteiger partial charge on any atom is 0.198 e. The van der Waals surface area contributed by atoms with Crippen LogP contribution >= 0.6 is 23.8 Å². The summed E-state index contributed by atoms with van der Waals surface area (Å²) in [6.45, 7) is 6.05. The van der Waals surface area contributed by atoms with Crippen LogP contribution in [0.15, 0.2) is 58.6 Å². The molecule has 1 atom stereocenters. The summed E-state index contributed by atoms with van der Waals surface area (Å²) in [5.74, 6) is 1.03. The van der Waals surface area contributed by atoms with Crippen LogP contribution in [0.2, 0.25) is 5.02 Å². The first kappa shape index (κ1) is 19.3. The largest absolute Gasteiger partial charge is 0.369 e. The lowest BCUT2D eigenvalue weighted by Gasteiger charge is -2.36. The summed E-state index contributed by atoms with van der Waals surface area (Å²) in [5.41, 5.74) is 2.19. The summed E-state index contributed by atoms with van der Waals surface area (Å²) in [6.07, 6.45) is 9.18. The zero-order chi connectivity index (χ0) is 19.3. The van der Waals surface area contributed by atoms with Gasteiger partial charge in [0.25, 0.3) is 0 Å². The topological polar surface area (TPSA) is 43.2 Å². The Morgan fingerprint density at radius 3 is 2.89 bits per heavy atom. The van der Waals surface area contributed by atoms with Crippen LogP contribution in [0.1, 0.15) is 6.42 Å². The fraction of sp³-hybridized carbons (Fsp3) is 0.381. The number of anilines is 1. The third kappa shape index (κ3) is 4.69. The van der Waals surface area contributed by atoms with Gasteiger partial charge < -0.3 is 10.2 Å². The quantitative estimate of drug-likeness (QED) is 0.594. The summed E-state index contributed by atoms with van der Waals surface area (Å²) in [7, 11) is 0. The number of hydrogen-bond donors (Lipinski definition) is 1. The van der Waals surface area contributed by atoms with E-state index in [4.69, 9.17) is 28.8 Å². The van der Waals surface area contributed by atoms with Crippen molar-refractivity contribution in [1.29, 1.82) is 0 Å². The highest BCUT2D eigenvalue weighted by molar-refractivity contribution is 7.80. The van der Waals surface area contributed by atoms with Crippen LogP contribution in [-0.2, 0) is 0 Å². The molecule has 4 rings (SSSR count). The van der Waals surface area contributed by atoms with Crippen molar-refractivity contribution >= 4 is 46.2 Å². The molecule has 0 aromatic heterocycles. The van der Waals surface area contributed by atoms with E-state index in [1.54, 1.807) is 0 Å². The summed E-state index contributed by atoms with van der Waals surface area (Å²) in [5, 5.41) is 4.46. The summed E-state index contributed by atoms with van der Waals surface area (Å²) in [4.78, 5) is 14.1. The van der Waals surface area contributed by atoms with Gasteiger partial charge in [0.05, 0.1) is 11.6 Å². The van der Waals surface area contributed by atoms with Crippen LogP contribution in [0.25, 0.3) is 0 Å². The van der Waals surface area contributed by atoms with Gasteiger partial charge in [0, 0.05) is 50.0 Å². The lowest BCUT2D eigenvalue weighted by Crippen LogP contribution is -2.46. The van der Waals surface area contributed by atoms with Gasteiger partial charge in [-0.3, -0.25) is 9.89 Å². The van der Waals surface area contributed by atoms with E-state index in [1.165, 1.54) is 5.69 Å². The maximum atomic E-state index is 6.12. The number of rotatable bonds is 5. The molecule has 1 N–H and O–H groups in total. The third-order valence-corrected chi connectivity index (χ3v) is 5.65. The minimum Gasteiger partial charge on any atom is -0.369 e. The molecule has 1 unspecified atom stereocenters. The number of piperazine rings is 1. The number of allylic oxidation sites excluding steroid dienone is 3. The van der Waals surface area contributed by atoms with Gasteiger partial charge in [-0.1, -0.05) is 35.9 Å². The van der Waals surface area contributed by atoms with Crippen molar-refractivity contribution in [2.75, 3.05) is 44.2 Å². The number of aliphatic imine (C=N–C) groups is 2. The smallest absolute Gasteiger partial charge is 0.198 e. The van der Waals surface area contributed by atoms with Gasteiger partial charge in [-0.15, -0.1) is 0 Å². The molecule has 146 valence electrons. The molecule has 0 bridgehead atoms. The molecule has 0 amide bonds. The van der Waals surface area contributed by atoms with Gasteiger partial charge in [-0.2, -0.15) is 0 Å². The number of benzene rings is 1. The van der Waals surface area contributed by atoms with Gasteiger partial charge >= 0.3 is 0 Å². The fourth-order valence-corrected chi connectivity index (χ4v) is 4.13. The van der Waals surface area contributed by atoms with Crippen molar-refractivity contribution < 1.29 is 0 Å². The number of amidine groups is 1. The van der Waals surface area contributed by atoms with Gasteiger partial charge in [0.1, 0.15) is 5.84 Å². The second-order valence-corrected chi connectivity index (χ2v) is 7.94. The highest BCUT2D eigenvalue weighted by atomic mass is 35.5. The second-order valence-electron chi connectivity index (χ2n) is 7.12. The highest BCUT2D eigenvalue weighted by Crippen LogP contribution is 2.21. The minimum atomic E-state index is 0.109. The van der Waals surface area contributed by atoms with Crippen LogP contribution < -0.4 is 10.2 Å². The molecule has 0 saturated carbocycles. The molecule has 1 saturated heterocycles. The van der Waals surface area contributed by atoms with Gasteiger partial charge in [-0.25, -0.2) is 4.99 Å². The molecule has 5 nitrogen and oxygen atoms in total. The second kappa shape index (κ2) is 8.99. The molecule has 3 aliphatic rings. The molecular formula is C21H24ClN5S. The lowest BCUT2D eigenvalue weighted by atomic mass is 9.96. The zero-order valence-corrected chi connectivity index (χ0v) is 17.3. The van der Waals surface area contributed by atoms with E-state index in [0.29, 0.717) is 5.11 Å². The Hall–Kier alpha value is -2.02. The van der Waals surface area contributed by atoms with Gasteiger partial charge in [0.2, 0.25) is 0 Å². The molecule has 28 heavy (non-hydrogen) atoms. The van der Waals surface area contributed by atoms with E-state index >= 15 is 0 Å². The molecule has 7 heteroatoms. The average molecular weight is 414 g/mol. The Bertz CT molecular complexity index is 852. The molecule has 2 heterocycles. The van der Waals surface area contributed by atoms with Crippen LogP contribution in [0.5, 0.6) is 0 Å². The van der Waals surface area contributed by atoms with Crippen LogP contribution in [0.4, 0.5) is 5.69 Å². The fourth-order valence-electron chi connectivity index (χ4n) is 3.74. The van der Waals surface area contributed by atoms with E-state index < -0.39 is 0 Å². The minimum absolute atomic E-state index is 0.109. The van der Waals surface area contributed by atoms with E-state index in [-0.39, 0.29) is 5.92 Å². The van der Waals surface area contributed by atoms with Crippen molar-refractivity contribution in [2.24, 2.45) is 15.9 Å². The van der Waals surface area contributed by atoms with E-state index in [0.717, 1.165) is 62.3 Å². The molecule has 1 aromatic carbocycles.